The standard InChI is InChI=1S/C20H27N3O3/c1-16-6-4-5-7-18(16)26-15-20(25-3)9-12-23(14-20)19(24)8-11-22-13-10-21-17(22)2/h4-7,10,13H,8-9,11-12,14-15H2,1-3H3/t20-/m0/s1. The second kappa shape index (κ2) is 7.91. The lowest BCUT2D eigenvalue weighted by Gasteiger charge is -2.28. The summed E-state index contributed by atoms with van der Waals surface area (Å²) in [6.07, 6.45) is 4.91. The smallest absolute Gasteiger partial charge is 0.224 e. The molecule has 0 radical (unpaired) electrons. The highest BCUT2D eigenvalue weighted by Crippen LogP contribution is 2.27. The van der Waals surface area contributed by atoms with Crippen LogP contribution in [-0.2, 0) is 16.1 Å². The summed E-state index contributed by atoms with van der Waals surface area (Å²) in [6.45, 7) is 6.33. The number of amides is 1. The van der Waals surface area contributed by atoms with E-state index >= 15 is 0 Å². The molecule has 0 bridgehead atoms. The summed E-state index contributed by atoms with van der Waals surface area (Å²) in [4.78, 5) is 18.7. The molecule has 2 heterocycles. The van der Waals surface area contributed by atoms with Gasteiger partial charge >= 0.3 is 0 Å². The van der Waals surface area contributed by atoms with Crippen LogP contribution in [0.5, 0.6) is 5.75 Å². The number of likely N-dealkylation sites (tertiary alicyclic amines) is 1. The third kappa shape index (κ3) is 4.07. The zero-order chi connectivity index (χ0) is 18.6. The number of carbonyl (C=O) groups is 1. The van der Waals surface area contributed by atoms with E-state index in [4.69, 9.17) is 9.47 Å². The van der Waals surface area contributed by atoms with Crippen molar-refractivity contribution in [3.63, 3.8) is 0 Å². The minimum Gasteiger partial charge on any atom is -0.490 e. The highest BCUT2D eigenvalue weighted by molar-refractivity contribution is 5.76. The minimum atomic E-state index is -0.442. The average molecular weight is 357 g/mol. The number of aromatic nitrogens is 2. The molecular weight excluding hydrogens is 330 g/mol. The molecule has 1 aliphatic rings. The SMILES string of the molecule is CO[C@@]1(COc2ccccc2C)CCN(C(=O)CCn2ccnc2C)C1. The van der Waals surface area contributed by atoms with Crippen molar-refractivity contribution in [2.75, 3.05) is 26.8 Å². The number of benzene rings is 1. The largest absolute Gasteiger partial charge is 0.490 e. The Kier molecular flexibility index (Phi) is 5.61. The van der Waals surface area contributed by atoms with Crippen molar-refractivity contribution < 1.29 is 14.3 Å². The van der Waals surface area contributed by atoms with Crippen molar-refractivity contribution in [1.82, 2.24) is 14.5 Å². The van der Waals surface area contributed by atoms with Gasteiger partial charge in [0.1, 0.15) is 23.8 Å². The van der Waals surface area contributed by atoms with Gasteiger partial charge < -0.3 is 18.9 Å². The Morgan fingerprint density at radius 1 is 1.31 bits per heavy atom. The molecule has 6 heteroatoms. The Bertz CT molecular complexity index is 758. The number of carbonyl (C=O) groups excluding carboxylic acids is 1. The maximum Gasteiger partial charge on any atom is 0.224 e. The molecular formula is C20H27N3O3. The summed E-state index contributed by atoms with van der Waals surface area (Å²) < 4.78 is 13.8. The number of methoxy groups -OCH3 is 1. The van der Waals surface area contributed by atoms with Crippen molar-refractivity contribution in [2.45, 2.75) is 38.8 Å². The Morgan fingerprint density at radius 3 is 2.81 bits per heavy atom. The van der Waals surface area contributed by atoms with E-state index in [2.05, 4.69) is 4.98 Å². The van der Waals surface area contributed by atoms with Crippen molar-refractivity contribution in [3.8, 4) is 5.75 Å². The first-order valence-corrected chi connectivity index (χ1v) is 9.02. The molecule has 26 heavy (non-hydrogen) atoms. The Balaban J connectivity index is 1.55. The van der Waals surface area contributed by atoms with Gasteiger partial charge in [0.05, 0.1) is 6.54 Å². The van der Waals surface area contributed by atoms with Crippen molar-refractivity contribution >= 4 is 5.91 Å². The lowest BCUT2D eigenvalue weighted by Crippen LogP contribution is -2.42. The maximum absolute atomic E-state index is 12.6. The molecule has 1 saturated heterocycles. The van der Waals surface area contributed by atoms with Crippen molar-refractivity contribution in [1.29, 1.82) is 0 Å². The fourth-order valence-corrected chi connectivity index (χ4v) is 3.34. The Labute approximate surface area is 154 Å². The molecule has 1 aromatic carbocycles. The second-order valence-electron chi connectivity index (χ2n) is 6.92. The number of hydrogen-bond donors (Lipinski definition) is 0. The zero-order valence-corrected chi connectivity index (χ0v) is 15.8. The molecule has 0 spiro atoms. The van der Waals surface area contributed by atoms with Crippen LogP contribution >= 0.6 is 0 Å². The molecule has 1 amide bonds. The molecule has 1 fully saturated rings. The number of imidazole rings is 1. The number of nitrogens with zero attached hydrogens (tertiary/aromatic N) is 3. The normalized spacial score (nSPS) is 19.7. The Morgan fingerprint density at radius 2 is 2.12 bits per heavy atom. The molecule has 3 rings (SSSR count). The van der Waals surface area contributed by atoms with Crippen LogP contribution in [0.25, 0.3) is 0 Å². The van der Waals surface area contributed by atoms with Crippen LogP contribution in [-0.4, -0.2) is 52.8 Å². The van der Waals surface area contributed by atoms with Gasteiger partial charge in [-0.3, -0.25) is 4.79 Å². The number of ether oxygens (including phenoxy) is 2. The van der Waals surface area contributed by atoms with Crippen molar-refractivity contribution in [3.05, 3.63) is 48.0 Å². The minimum absolute atomic E-state index is 0.146. The summed E-state index contributed by atoms with van der Waals surface area (Å²) >= 11 is 0. The van der Waals surface area contributed by atoms with Gasteiger partial charge in [0, 0.05) is 39.0 Å². The van der Waals surface area contributed by atoms with Crippen molar-refractivity contribution in [2.24, 2.45) is 0 Å². The molecule has 0 aliphatic carbocycles. The van der Waals surface area contributed by atoms with Gasteiger partial charge in [-0.05, 0) is 31.9 Å². The first kappa shape index (κ1) is 18.5. The second-order valence-corrected chi connectivity index (χ2v) is 6.92. The maximum atomic E-state index is 12.6. The third-order valence-electron chi connectivity index (χ3n) is 5.18. The van der Waals surface area contributed by atoms with E-state index in [1.165, 1.54) is 0 Å². The lowest BCUT2D eigenvalue weighted by molar-refractivity contribution is -0.132. The first-order chi connectivity index (χ1) is 12.5. The monoisotopic (exact) mass is 357 g/mol. The number of hydrogen-bond acceptors (Lipinski definition) is 4. The Hall–Kier alpha value is -2.34. The van der Waals surface area contributed by atoms with E-state index in [1.54, 1.807) is 13.3 Å². The van der Waals surface area contributed by atoms with E-state index < -0.39 is 5.60 Å². The number of aryl methyl sites for hydroxylation is 3. The van der Waals surface area contributed by atoms with E-state index in [-0.39, 0.29) is 5.91 Å². The van der Waals surface area contributed by atoms with Gasteiger partial charge in [-0.25, -0.2) is 4.98 Å². The van der Waals surface area contributed by atoms with Crippen LogP contribution in [0.4, 0.5) is 0 Å². The highest BCUT2D eigenvalue weighted by Gasteiger charge is 2.41. The van der Waals surface area contributed by atoms with Gasteiger partial charge in [-0.1, -0.05) is 18.2 Å². The van der Waals surface area contributed by atoms with Crippen LogP contribution in [0.2, 0.25) is 0 Å². The topological polar surface area (TPSA) is 56.6 Å². The first-order valence-electron chi connectivity index (χ1n) is 9.02. The van der Waals surface area contributed by atoms with E-state index in [0.29, 0.717) is 32.7 Å². The highest BCUT2D eigenvalue weighted by atomic mass is 16.5. The van der Waals surface area contributed by atoms with Gasteiger partial charge in [-0.15, -0.1) is 0 Å². The van der Waals surface area contributed by atoms with Crippen LogP contribution in [0.15, 0.2) is 36.7 Å². The van der Waals surface area contributed by atoms with Gasteiger partial charge in [0.25, 0.3) is 0 Å². The molecule has 6 nitrogen and oxygen atoms in total. The number of para-hydroxylation sites is 1. The van der Waals surface area contributed by atoms with Crippen LogP contribution < -0.4 is 4.74 Å². The van der Waals surface area contributed by atoms with Gasteiger partial charge in [0.2, 0.25) is 5.91 Å². The molecule has 1 atom stereocenters. The summed E-state index contributed by atoms with van der Waals surface area (Å²) in [5.74, 6) is 1.94. The molecule has 0 unspecified atom stereocenters. The van der Waals surface area contributed by atoms with E-state index in [0.717, 1.165) is 23.6 Å². The third-order valence-corrected chi connectivity index (χ3v) is 5.18. The fraction of sp³-hybridized carbons (Fsp3) is 0.500. The lowest BCUT2D eigenvalue weighted by atomic mass is 10.0. The average Bonchev–Trinajstić information content (AvgIpc) is 3.26. The summed E-state index contributed by atoms with van der Waals surface area (Å²) in [5.41, 5.74) is 0.656. The quantitative estimate of drug-likeness (QED) is 0.764. The van der Waals surface area contributed by atoms with E-state index in [9.17, 15) is 4.79 Å². The fourth-order valence-electron chi connectivity index (χ4n) is 3.34. The molecule has 2 aromatic rings. The van der Waals surface area contributed by atoms with Crippen LogP contribution in [0.1, 0.15) is 24.2 Å². The van der Waals surface area contributed by atoms with Crippen LogP contribution in [0.3, 0.4) is 0 Å². The van der Waals surface area contributed by atoms with Crippen LogP contribution in [0, 0.1) is 13.8 Å². The summed E-state index contributed by atoms with van der Waals surface area (Å²) in [6, 6.07) is 7.94. The van der Waals surface area contributed by atoms with Gasteiger partial charge in [0.15, 0.2) is 0 Å². The van der Waals surface area contributed by atoms with E-state index in [1.807, 2.05) is 53.8 Å². The van der Waals surface area contributed by atoms with Gasteiger partial charge in [-0.2, -0.15) is 0 Å². The summed E-state index contributed by atoms with van der Waals surface area (Å²) in [7, 11) is 1.70. The molecule has 0 saturated carbocycles. The molecule has 1 aliphatic heterocycles. The summed E-state index contributed by atoms with van der Waals surface area (Å²) in [5, 5.41) is 0. The zero-order valence-electron chi connectivity index (χ0n) is 15.8. The molecule has 0 N–H and O–H groups in total. The predicted octanol–water partition coefficient (Wildman–Crippen LogP) is 2.59. The molecule has 140 valence electrons. The number of rotatable bonds is 7. The predicted molar refractivity (Wildman–Crippen MR) is 99.2 cm³/mol. The molecule has 1 aromatic heterocycles.